The van der Waals surface area contributed by atoms with E-state index in [-0.39, 0.29) is 17.7 Å². The highest BCUT2D eigenvalue weighted by Crippen LogP contribution is 2.29. The lowest BCUT2D eigenvalue weighted by atomic mass is 10.1. The van der Waals surface area contributed by atoms with E-state index in [2.05, 4.69) is 0 Å². The third-order valence-electron chi connectivity index (χ3n) is 3.10. The van der Waals surface area contributed by atoms with Crippen LogP contribution in [-0.4, -0.2) is 31.6 Å². The maximum atomic E-state index is 12.0. The van der Waals surface area contributed by atoms with E-state index in [1.54, 1.807) is 4.31 Å². The predicted octanol–water partition coefficient (Wildman–Crippen LogP) is 0.968. The lowest BCUT2D eigenvalue weighted by molar-refractivity contribution is 0.331. The van der Waals surface area contributed by atoms with E-state index in [4.69, 9.17) is 5.73 Å². The van der Waals surface area contributed by atoms with Gasteiger partial charge in [0.25, 0.3) is 0 Å². The topological polar surface area (TPSA) is 63.4 Å². The lowest BCUT2D eigenvalue weighted by Crippen LogP contribution is -2.35. The van der Waals surface area contributed by atoms with E-state index >= 15 is 0 Å². The minimum atomic E-state index is -3.14. The Kier molecular flexibility index (Phi) is 3.51. The van der Waals surface area contributed by atoms with Crippen LogP contribution in [0.3, 0.4) is 0 Å². The second-order valence-electron chi connectivity index (χ2n) is 4.62. The molecule has 1 saturated heterocycles. The van der Waals surface area contributed by atoms with Gasteiger partial charge in [-0.3, -0.25) is 0 Å². The van der Waals surface area contributed by atoms with Gasteiger partial charge in [0.05, 0.1) is 11.8 Å². The van der Waals surface area contributed by atoms with E-state index in [1.807, 2.05) is 37.3 Å². The summed E-state index contributed by atoms with van der Waals surface area (Å²) in [6, 6.07) is 9.35. The Morgan fingerprint density at radius 2 is 2.06 bits per heavy atom. The molecule has 1 fully saturated rings. The summed E-state index contributed by atoms with van der Waals surface area (Å²) in [6.07, 6.45) is 0. The zero-order valence-electron chi connectivity index (χ0n) is 9.91. The van der Waals surface area contributed by atoms with E-state index in [1.165, 1.54) is 0 Å². The molecule has 1 aliphatic rings. The highest BCUT2D eigenvalue weighted by atomic mass is 32.2. The van der Waals surface area contributed by atoms with Gasteiger partial charge in [-0.15, -0.1) is 0 Å². The Morgan fingerprint density at radius 1 is 1.41 bits per heavy atom. The molecule has 2 N–H and O–H groups in total. The van der Waals surface area contributed by atoms with Gasteiger partial charge in [-0.2, -0.15) is 4.31 Å². The fraction of sp³-hybridized carbons (Fsp3) is 0.500. The molecule has 1 aromatic carbocycles. The molecule has 2 unspecified atom stereocenters. The van der Waals surface area contributed by atoms with Crippen molar-refractivity contribution >= 4 is 10.0 Å². The zero-order valence-corrected chi connectivity index (χ0v) is 10.7. The summed E-state index contributed by atoms with van der Waals surface area (Å²) >= 11 is 0. The normalized spacial score (nSPS) is 25.9. The Labute approximate surface area is 102 Å². The first-order valence-corrected chi connectivity index (χ1v) is 7.40. The minimum Gasteiger partial charge on any atom is -0.329 e. The largest absolute Gasteiger partial charge is 0.329 e. The summed E-state index contributed by atoms with van der Waals surface area (Å²) in [4.78, 5) is 0. The van der Waals surface area contributed by atoms with Gasteiger partial charge in [0, 0.05) is 13.1 Å². The second-order valence-corrected chi connectivity index (χ2v) is 6.58. The smallest absolute Gasteiger partial charge is 0.215 e. The third-order valence-corrected chi connectivity index (χ3v) is 5.21. The second kappa shape index (κ2) is 4.76. The molecular formula is C12H18N2O2S. The van der Waals surface area contributed by atoms with Gasteiger partial charge >= 0.3 is 0 Å². The quantitative estimate of drug-likeness (QED) is 0.874. The van der Waals surface area contributed by atoms with Crippen molar-refractivity contribution in [3.8, 4) is 0 Å². The van der Waals surface area contributed by atoms with Crippen LogP contribution in [0.4, 0.5) is 0 Å². The number of hydrogen-bond donors (Lipinski definition) is 1. The van der Waals surface area contributed by atoms with Crippen LogP contribution < -0.4 is 5.73 Å². The molecule has 0 bridgehead atoms. The van der Waals surface area contributed by atoms with Gasteiger partial charge in [0.2, 0.25) is 10.0 Å². The number of rotatable bonds is 3. The minimum absolute atomic E-state index is 0.178. The van der Waals surface area contributed by atoms with Crippen molar-refractivity contribution in [1.29, 1.82) is 0 Å². The Hall–Kier alpha value is -0.910. The molecule has 2 atom stereocenters. The van der Waals surface area contributed by atoms with Crippen molar-refractivity contribution in [2.24, 2.45) is 11.7 Å². The molecule has 0 spiro atoms. The van der Waals surface area contributed by atoms with E-state index < -0.39 is 10.0 Å². The van der Waals surface area contributed by atoms with Crippen molar-refractivity contribution in [2.75, 3.05) is 18.8 Å². The average molecular weight is 254 g/mol. The first-order chi connectivity index (χ1) is 8.04. The van der Waals surface area contributed by atoms with Crippen LogP contribution >= 0.6 is 0 Å². The van der Waals surface area contributed by atoms with Gasteiger partial charge in [0.15, 0.2) is 0 Å². The fourth-order valence-corrected chi connectivity index (χ4v) is 4.44. The van der Waals surface area contributed by atoms with Crippen LogP contribution in [0, 0.1) is 5.92 Å². The molecule has 4 nitrogen and oxygen atoms in total. The Bertz CT molecular complexity index is 473. The van der Waals surface area contributed by atoms with Crippen molar-refractivity contribution in [3.63, 3.8) is 0 Å². The molecule has 17 heavy (non-hydrogen) atoms. The highest BCUT2D eigenvalue weighted by molar-refractivity contribution is 7.89. The van der Waals surface area contributed by atoms with Gasteiger partial charge in [-0.1, -0.05) is 37.3 Å². The maximum absolute atomic E-state index is 12.0. The van der Waals surface area contributed by atoms with Crippen LogP contribution in [0.2, 0.25) is 0 Å². The highest BCUT2D eigenvalue weighted by Gasteiger charge is 2.38. The van der Waals surface area contributed by atoms with Gasteiger partial charge in [0.1, 0.15) is 0 Å². The van der Waals surface area contributed by atoms with Crippen molar-refractivity contribution in [1.82, 2.24) is 4.31 Å². The van der Waals surface area contributed by atoms with Crippen LogP contribution in [0.5, 0.6) is 0 Å². The van der Waals surface area contributed by atoms with Crippen molar-refractivity contribution in [2.45, 2.75) is 13.0 Å². The van der Waals surface area contributed by atoms with E-state index in [0.717, 1.165) is 5.56 Å². The average Bonchev–Trinajstić information content (AvgIpc) is 2.55. The van der Waals surface area contributed by atoms with Crippen molar-refractivity contribution < 1.29 is 8.42 Å². The number of benzene rings is 1. The molecule has 0 radical (unpaired) electrons. The summed E-state index contributed by atoms with van der Waals surface area (Å²) in [5, 5.41) is 0. The van der Waals surface area contributed by atoms with Gasteiger partial charge in [-0.05, 0) is 11.5 Å². The molecule has 0 saturated carbocycles. The van der Waals surface area contributed by atoms with Crippen LogP contribution in [-0.2, 0) is 10.0 Å². The Balaban J connectivity index is 2.32. The summed E-state index contributed by atoms with van der Waals surface area (Å²) in [5.41, 5.74) is 6.71. The molecule has 5 heteroatoms. The molecule has 0 aromatic heterocycles. The third kappa shape index (κ3) is 2.51. The predicted molar refractivity (Wildman–Crippen MR) is 67.9 cm³/mol. The molecular weight excluding hydrogens is 236 g/mol. The monoisotopic (exact) mass is 254 g/mol. The zero-order chi connectivity index (χ0) is 12.5. The number of nitrogens with two attached hydrogens (primary N) is 1. The van der Waals surface area contributed by atoms with E-state index in [0.29, 0.717) is 13.1 Å². The van der Waals surface area contributed by atoms with Crippen LogP contribution in [0.25, 0.3) is 0 Å². The van der Waals surface area contributed by atoms with Crippen LogP contribution in [0.1, 0.15) is 18.5 Å². The number of sulfonamides is 1. The van der Waals surface area contributed by atoms with Gasteiger partial charge in [-0.25, -0.2) is 8.42 Å². The summed E-state index contributed by atoms with van der Waals surface area (Å²) < 4.78 is 25.6. The molecule has 2 rings (SSSR count). The first-order valence-electron chi connectivity index (χ1n) is 5.79. The summed E-state index contributed by atoms with van der Waals surface area (Å²) in [7, 11) is -3.14. The standard InChI is InChI=1S/C12H18N2O2S/c1-10-8-14(17(15,16)9-10)12(7-13)11-5-3-2-4-6-11/h2-6,10,12H,7-9,13H2,1H3. The maximum Gasteiger partial charge on any atom is 0.215 e. The number of hydrogen-bond acceptors (Lipinski definition) is 3. The number of nitrogens with zero attached hydrogens (tertiary/aromatic N) is 1. The molecule has 1 heterocycles. The molecule has 1 aromatic rings. The molecule has 0 amide bonds. The van der Waals surface area contributed by atoms with Crippen LogP contribution in [0.15, 0.2) is 30.3 Å². The summed E-state index contributed by atoms with van der Waals surface area (Å²) in [5.74, 6) is 0.411. The molecule has 1 aliphatic heterocycles. The summed E-state index contributed by atoms with van der Waals surface area (Å²) in [6.45, 7) is 2.84. The first kappa shape index (κ1) is 12.5. The van der Waals surface area contributed by atoms with Crippen molar-refractivity contribution in [3.05, 3.63) is 35.9 Å². The fourth-order valence-electron chi connectivity index (χ4n) is 2.34. The molecule has 94 valence electrons. The lowest BCUT2D eigenvalue weighted by Gasteiger charge is -2.25. The SMILES string of the molecule is CC1CN(C(CN)c2ccccc2)S(=O)(=O)C1. The molecule has 0 aliphatic carbocycles. The van der Waals surface area contributed by atoms with Gasteiger partial charge < -0.3 is 5.73 Å². The van der Waals surface area contributed by atoms with E-state index in [9.17, 15) is 8.42 Å². The Morgan fingerprint density at radius 3 is 2.53 bits per heavy atom.